The summed E-state index contributed by atoms with van der Waals surface area (Å²) in [5.41, 5.74) is -2.52. The van der Waals surface area contributed by atoms with Crippen molar-refractivity contribution >= 4 is 31.5 Å². The lowest BCUT2D eigenvalue weighted by atomic mass is 10.1. The van der Waals surface area contributed by atoms with E-state index in [4.69, 9.17) is 28.0 Å². The van der Waals surface area contributed by atoms with Crippen LogP contribution < -0.4 is 26.8 Å². The number of aryl methyl sites for hydroxylation is 1. The molecule has 6 rings (SSSR count). The monoisotopic (exact) mass is 862 g/mol. The quantitative estimate of drug-likeness (QED) is 0.0367. The zero-order valence-electron chi connectivity index (χ0n) is 31.6. The van der Waals surface area contributed by atoms with Crippen LogP contribution in [0.1, 0.15) is 35.7 Å². The number of nitrogens with zero attached hydrogens (tertiary/aromatic N) is 5. The molecule has 1 amide bonds. The molecule has 5 heterocycles. The summed E-state index contributed by atoms with van der Waals surface area (Å²) < 4.78 is 50.5. The number of aliphatic hydroxyl groups is 3. The molecular formula is C35H41N7O17P+. The molecule has 2 saturated heterocycles. The summed E-state index contributed by atoms with van der Waals surface area (Å²) in [5, 5.41) is 34.5. The Balaban J connectivity index is 1.13. The van der Waals surface area contributed by atoms with Crippen LogP contribution in [0.2, 0.25) is 0 Å². The number of ether oxygens (including phenoxy) is 4. The Kier molecular flexibility index (Phi) is 14.0. The molecule has 0 aliphatic carbocycles. The van der Waals surface area contributed by atoms with Crippen LogP contribution in [-0.4, -0.2) is 118 Å². The fourth-order valence-electron chi connectivity index (χ4n) is 6.25. The molecule has 0 bridgehead atoms. The summed E-state index contributed by atoms with van der Waals surface area (Å²) in [6.45, 7) is -1.46. The smallest absolute Gasteiger partial charge is 0.461 e. The van der Waals surface area contributed by atoms with E-state index in [-0.39, 0.29) is 18.0 Å². The van der Waals surface area contributed by atoms with E-state index >= 15 is 0 Å². The van der Waals surface area contributed by atoms with Crippen molar-refractivity contribution in [1.82, 2.24) is 23.7 Å². The molecule has 3 aromatic heterocycles. The third-order valence-electron chi connectivity index (χ3n) is 9.20. The second kappa shape index (κ2) is 19.1. The van der Waals surface area contributed by atoms with Crippen LogP contribution in [0.5, 0.6) is 0 Å². The third kappa shape index (κ3) is 10.7. The lowest BCUT2D eigenvalue weighted by Gasteiger charge is -2.23. The van der Waals surface area contributed by atoms with Crippen molar-refractivity contribution in [3.05, 3.63) is 110 Å². The van der Waals surface area contributed by atoms with Gasteiger partial charge in [0.2, 0.25) is 6.33 Å². The summed E-state index contributed by atoms with van der Waals surface area (Å²) in [5.74, 6) is -2.48. The average molecular weight is 863 g/mol. The van der Waals surface area contributed by atoms with Crippen LogP contribution in [0.15, 0.2) is 88.0 Å². The molecule has 0 radical (unpaired) electrons. The van der Waals surface area contributed by atoms with Gasteiger partial charge in [-0.2, -0.15) is 4.98 Å². The molecule has 1 unspecified atom stereocenters. The van der Waals surface area contributed by atoms with Crippen molar-refractivity contribution in [1.29, 1.82) is 0 Å². The van der Waals surface area contributed by atoms with Crippen molar-refractivity contribution in [2.24, 2.45) is 7.05 Å². The standard InChI is InChI=1S/C35H40N7O17P/c1-39-13-14-40(19-39)15-16-54-25(45)7-8-26(46)58-30-27(47)22(57-33(30)42-11-9-23(37-34(42)50)36-31(49)20-5-3-2-4-6-20)18-55-60(52,53)59-29-21(17-43)56-32(28(29)48)41-12-10-24(44)38-35(41)51/h2-6,9-14,19,21-22,27-30,32-33,43,47-48H,7-8,15-18H2,1H3,(H2-,36,37,38,44,49,50,51,52,53)/p+1/t21-,22-,27-,28-,29-,30-,32-,33-/m1/s1. The Bertz CT molecular complexity index is 2390. The van der Waals surface area contributed by atoms with E-state index in [1.165, 1.54) is 18.2 Å². The van der Waals surface area contributed by atoms with E-state index in [9.17, 15) is 53.5 Å². The summed E-state index contributed by atoms with van der Waals surface area (Å²) in [4.78, 5) is 91.5. The minimum Gasteiger partial charge on any atom is -0.461 e. The number of benzene rings is 1. The summed E-state index contributed by atoms with van der Waals surface area (Å²) in [7, 11) is -3.44. The summed E-state index contributed by atoms with van der Waals surface area (Å²) in [6.07, 6.45) is -7.00. The number of carbonyl (C=O) groups excluding carboxylic acids is 3. The number of imidazole rings is 1. The molecule has 9 atom stereocenters. The van der Waals surface area contributed by atoms with Gasteiger partial charge in [0.15, 0.2) is 18.6 Å². The number of aromatic amines is 1. The highest BCUT2D eigenvalue weighted by Crippen LogP contribution is 2.49. The fraction of sp³-hybridized carbons (Fsp3) is 0.429. The van der Waals surface area contributed by atoms with Crippen molar-refractivity contribution < 1.29 is 71.7 Å². The van der Waals surface area contributed by atoms with Gasteiger partial charge in [-0.1, -0.05) is 18.2 Å². The Morgan fingerprint density at radius 1 is 0.933 bits per heavy atom. The molecular weight excluding hydrogens is 821 g/mol. The first-order valence-electron chi connectivity index (χ1n) is 18.2. The number of phosphoric acid groups is 1. The van der Waals surface area contributed by atoms with Crippen molar-refractivity contribution in [2.45, 2.75) is 68.5 Å². The lowest BCUT2D eigenvalue weighted by molar-refractivity contribution is -0.671. The minimum atomic E-state index is -5.26. The molecule has 4 aromatic rings. The number of carbonyl (C=O) groups is 3. The Morgan fingerprint density at radius 3 is 2.33 bits per heavy atom. The highest BCUT2D eigenvalue weighted by Gasteiger charge is 2.51. The summed E-state index contributed by atoms with van der Waals surface area (Å²) >= 11 is 0. The molecule has 60 heavy (non-hydrogen) atoms. The van der Waals surface area contributed by atoms with E-state index in [0.717, 1.165) is 27.6 Å². The molecule has 1 aromatic carbocycles. The fourth-order valence-corrected chi connectivity index (χ4v) is 7.22. The molecule has 2 fully saturated rings. The largest absolute Gasteiger partial charge is 0.472 e. The van der Waals surface area contributed by atoms with Gasteiger partial charge in [0.25, 0.3) is 11.5 Å². The van der Waals surface area contributed by atoms with Gasteiger partial charge in [-0.15, -0.1) is 0 Å². The number of aromatic nitrogens is 6. The van der Waals surface area contributed by atoms with E-state index < -0.39 is 118 Å². The van der Waals surface area contributed by atoms with Crippen LogP contribution in [0, 0.1) is 0 Å². The maximum atomic E-state index is 13.3. The number of aliphatic hydroxyl groups excluding tert-OH is 3. The SMILES string of the molecule is C[n+]1ccn(CCOC(=O)CCC(=O)O[C@@H]2[C@H](O)[C@@H](COP(=O)(O)O[C@H]3[C@@H](O)[C@H](n4ccc(=O)[nH]c4=O)O[C@@H]3CO)O[C@H]2n2ccc(NC(=O)c3ccccc3)nc2=O)c1. The van der Waals surface area contributed by atoms with Gasteiger partial charge >= 0.3 is 31.1 Å². The Labute approximate surface area is 337 Å². The first-order valence-corrected chi connectivity index (χ1v) is 19.7. The number of anilines is 1. The number of nitrogens with one attached hydrogen (secondary N) is 2. The number of H-pyrrole nitrogens is 1. The topological polar surface area (TPSA) is 315 Å². The highest BCUT2D eigenvalue weighted by atomic mass is 31.2. The maximum absolute atomic E-state index is 13.3. The zero-order valence-corrected chi connectivity index (χ0v) is 32.5. The van der Waals surface area contributed by atoms with E-state index in [1.54, 1.807) is 46.1 Å². The molecule has 0 spiro atoms. The van der Waals surface area contributed by atoms with Gasteiger partial charge in [0.05, 0.1) is 33.1 Å². The van der Waals surface area contributed by atoms with Crippen LogP contribution in [0.4, 0.5) is 5.82 Å². The predicted molar refractivity (Wildman–Crippen MR) is 197 cm³/mol. The minimum absolute atomic E-state index is 0.0146. The Morgan fingerprint density at radius 2 is 1.65 bits per heavy atom. The van der Waals surface area contributed by atoms with Gasteiger partial charge in [-0.3, -0.25) is 42.3 Å². The highest BCUT2D eigenvalue weighted by molar-refractivity contribution is 7.47. The third-order valence-corrected chi connectivity index (χ3v) is 10.2. The normalized spacial score (nSPS) is 24.8. The van der Waals surface area contributed by atoms with Crippen molar-refractivity contribution in [2.75, 3.05) is 25.1 Å². The first kappa shape index (κ1) is 43.9. The molecule has 322 valence electrons. The van der Waals surface area contributed by atoms with E-state index in [0.29, 0.717) is 6.54 Å². The first-order chi connectivity index (χ1) is 28.6. The summed E-state index contributed by atoms with van der Waals surface area (Å²) in [6, 6.07) is 10.2. The molecule has 2 aliphatic heterocycles. The number of amides is 1. The lowest BCUT2D eigenvalue weighted by Crippen LogP contribution is -2.40. The van der Waals surface area contributed by atoms with Crippen molar-refractivity contribution in [3.8, 4) is 0 Å². The number of esters is 2. The maximum Gasteiger partial charge on any atom is 0.472 e. The van der Waals surface area contributed by atoms with Gasteiger partial charge in [-0.25, -0.2) is 23.3 Å². The number of hydrogen-bond donors (Lipinski definition) is 6. The van der Waals surface area contributed by atoms with Crippen LogP contribution in [-0.2, 0) is 55.7 Å². The molecule has 0 saturated carbocycles. The van der Waals surface area contributed by atoms with Gasteiger partial charge in [0.1, 0.15) is 61.9 Å². The molecule has 6 N–H and O–H groups in total. The van der Waals surface area contributed by atoms with Crippen molar-refractivity contribution in [3.63, 3.8) is 0 Å². The molecule has 2 aliphatic rings. The molecule has 24 nitrogen and oxygen atoms in total. The Hall–Kier alpha value is -5.69. The number of hydrogen-bond acceptors (Lipinski definition) is 17. The second-order valence-corrected chi connectivity index (χ2v) is 14.9. The second-order valence-electron chi connectivity index (χ2n) is 13.5. The average Bonchev–Trinajstić information content (AvgIpc) is 3.87. The predicted octanol–water partition coefficient (Wildman–Crippen LogP) is -2.38. The van der Waals surface area contributed by atoms with E-state index in [1.807, 2.05) is 12.0 Å². The van der Waals surface area contributed by atoms with Gasteiger partial charge in [-0.05, 0) is 18.2 Å². The van der Waals surface area contributed by atoms with Crippen LogP contribution >= 0.6 is 7.82 Å². The van der Waals surface area contributed by atoms with Crippen LogP contribution in [0.3, 0.4) is 0 Å². The number of phosphoric ester groups is 1. The van der Waals surface area contributed by atoms with Gasteiger partial charge in [0, 0.05) is 24.0 Å². The van der Waals surface area contributed by atoms with E-state index in [2.05, 4.69) is 10.3 Å². The molecule has 25 heteroatoms. The van der Waals surface area contributed by atoms with Gasteiger partial charge < -0.3 is 44.5 Å². The van der Waals surface area contributed by atoms with Crippen LogP contribution in [0.25, 0.3) is 0 Å². The zero-order chi connectivity index (χ0) is 43.1. The number of rotatable bonds is 17.